The highest BCUT2D eigenvalue weighted by atomic mass is 16.5. The Morgan fingerprint density at radius 2 is 2.25 bits per heavy atom. The van der Waals surface area contributed by atoms with Crippen molar-refractivity contribution in [1.82, 2.24) is 0 Å². The monoisotopic (exact) mass is 225 g/mol. The molecular formula is C12H19NO3. The predicted molar refractivity (Wildman–Crippen MR) is 63.0 cm³/mol. The Balaban J connectivity index is 2.69. The number of aldehydes is 1. The maximum Gasteiger partial charge on any atom is 0.196 e. The summed E-state index contributed by atoms with van der Waals surface area (Å²) in [6, 6.07) is 3.50. The molecule has 1 heterocycles. The molecule has 0 unspecified atom stereocenters. The van der Waals surface area contributed by atoms with Gasteiger partial charge in [0.1, 0.15) is 0 Å². The molecule has 0 aliphatic rings. The minimum atomic E-state index is 0.362. The Morgan fingerprint density at radius 3 is 2.75 bits per heavy atom. The first-order valence-electron chi connectivity index (χ1n) is 5.46. The van der Waals surface area contributed by atoms with Gasteiger partial charge in [0.25, 0.3) is 0 Å². The van der Waals surface area contributed by atoms with Crippen LogP contribution < -0.4 is 4.90 Å². The van der Waals surface area contributed by atoms with Crippen LogP contribution in [0.3, 0.4) is 0 Å². The number of ether oxygens (including phenoxy) is 1. The third-order valence-electron chi connectivity index (χ3n) is 2.19. The summed E-state index contributed by atoms with van der Waals surface area (Å²) < 4.78 is 10.5. The van der Waals surface area contributed by atoms with Crippen molar-refractivity contribution in [3.8, 4) is 0 Å². The molecule has 4 heteroatoms. The SMILES string of the molecule is COCCN(CC(C)C)c1ccc(C=O)o1. The van der Waals surface area contributed by atoms with Gasteiger partial charge in [-0.05, 0) is 12.0 Å². The second kappa shape index (κ2) is 6.33. The summed E-state index contributed by atoms with van der Waals surface area (Å²) in [6.45, 7) is 6.58. The lowest BCUT2D eigenvalue weighted by molar-refractivity contribution is 0.110. The van der Waals surface area contributed by atoms with E-state index < -0.39 is 0 Å². The van der Waals surface area contributed by atoms with Gasteiger partial charge in [0.2, 0.25) is 0 Å². The van der Waals surface area contributed by atoms with Crippen molar-refractivity contribution in [3.63, 3.8) is 0 Å². The Hall–Kier alpha value is -1.29. The van der Waals surface area contributed by atoms with E-state index in [0.29, 0.717) is 24.6 Å². The lowest BCUT2D eigenvalue weighted by atomic mass is 10.2. The summed E-state index contributed by atoms with van der Waals surface area (Å²) in [7, 11) is 1.67. The van der Waals surface area contributed by atoms with E-state index in [1.807, 2.05) is 6.07 Å². The Labute approximate surface area is 96.2 Å². The molecular weight excluding hydrogens is 206 g/mol. The van der Waals surface area contributed by atoms with Crippen LogP contribution in [-0.4, -0.2) is 33.1 Å². The largest absolute Gasteiger partial charge is 0.438 e. The molecule has 0 fully saturated rings. The van der Waals surface area contributed by atoms with Crippen molar-refractivity contribution in [1.29, 1.82) is 0 Å². The molecule has 0 aromatic carbocycles. The molecule has 0 N–H and O–H groups in total. The average molecular weight is 225 g/mol. The molecule has 1 rings (SSSR count). The third kappa shape index (κ3) is 3.70. The number of hydrogen-bond acceptors (Lipinski definition) is 4. The van der Waals surface area contributed by atoms with Crippen LogP contribution in [0, 0.1) is 5.92 Å². The van der Waals surface area contributed by atoms with Crippen molar-refractivity contribution < 1.29 is 13.9 Å². The van der Waals surface area contributed by atoms with Gasteiger partial charge in [-0.2, -0.15) is 0 Å². The maximum atomic E-state index is 10.5. The van der Waals surface area contributed by atoms with Crippen molar-refractivity contribution in [3.05, 3.63) is 17.9 Å². The standard InChI is InChI=1S/C12H19NO3/c1-10(2)8-13(6-7-15-3)12-5-4-11(9-14)16-12/h4-5,9-10H,6-8H2,1-3H3. The lowest BCUT2D eigenvalue weighted by Crippen LogP contribution is -2.30. The molecule has 0 saturated heterocycles. The lowest BCUT2D eigenvalue weighted by Gasteiger charge is -2.23. The molecule has 16 heavy (non-hydrogen) atoms. The number of carbonyl (C=O) groups is 1. The molecule has 0 bridgehead atoms. The predicted octanol–water partition coefficient (Wildman–Crippen LogP) is 2.20. The number of carbonyl (C=O) groups excluding carboxylic acids is 1. The van der Waals surface area contributed by atoms with Gasteiger partial charge >= 0.3 is 0 Å². The summed E-state index contributed by atoms with van der Waals surface area (Å²) in [4.78, 5) is 12.6. The van der Waals surface area contributed by atoms with Gasteiger partial charge < -0.3 is 14.1 Å². The van der Waals surface area contributed by atoms with Crippen LogP contribution in [0.15, 0.2) is 16.5 Å². The van der Waals surface area contributed by atoms with Gasteiger partial charge in [-0.3, -0.25) is 4.79 Å². The minimum Gasteiger partial charge on any atom is -0.438 e. The minimum absolute atomic E-state index is 0.362. The molecule has 4 nitrogen and oxygen atoms in total. The topological polar surface area (TPSA) is 42.7 Å². The van der Waals surface area contributed by atoms with E-state index in [-0.39, 0.29) is 0 Å². The molecule has 0 aliphatic heterocycles. The van der Waals surface area contributed by atoms with E-state index in [0.717, 1.165) is 19.0 Å². The first-order chi connectivity index (χ1) is 7.67. The second-order valence-electron chi connectivity index (χ2n) is 4.13. The molecule has 90 valence electrons. The molecule has 0 amide bonds. The number of anilines is 1. The molecule has 1 aromatic heterocycles. The van der Waals surface area contributed by atoms with E-state index in [1.54, 1.807) is 13.2 Å². The van der Waals surface area contributed by atoms with Gasteiger partial charge in [-0.15, -0.1) is 0 Å². The van der Waals surface area contributed by atoms with Gasteiger partial charge in [0.15, 0.2) is 17.9 Å². The first kappa shape index (κ1) is 12.8. The highest BCUT2D eigenvalue weighted by Crippen LogP contribution is 2.18. The van der Waals surface area contributed by atoms with Crippen LogP contribution in [0.25, 0.3) is 0 Å². The van der Waals surface area contributed by atoms with Gasteiger partial charge in [-0.25, -0.2) is 0 Å². The zero-order chi connectivity index (χ0) is 12.0. The third-order valence-corrected chi connectivity index (χ3v) is 2.19. The van der Waals surface area contributed by atoms with Crippen LogP contribution in [0.4, 0.5) is 5.88 Å². The van der Waals surface area contributed by atoms with Gasteiger partial charge in [-0.1, -0.05) is 13.8 Å². The van der Waals surface area contributed by atoms with Gasteiger partial charge in [0, 0.05) is 26.3 Å². The first-order valence-corrected chi connectivity index (χ1v) is 5.46. The van der Waals surface area contributed by atoms with Gasteiger partial charge in [0.05, 0.1) is 6.61 Å². The van der Waals surface area contributed by atoms with Crippen LogP contribution in [0.5, 0.6) is 0 Å². The fraction of sp³-hybridized carbons (Fsp3) is 0.583. The number of hydrogen-bond donors (Lipinski definition) is 0. The second-order valence-corrected chi connectivity index (χ2v) is 4.13. The number of methoxy groups -OCH3 is 1. The summed E-state index contributed by atoms with van der Waals surface area (Å²) in [5, 5.41) is 0. The smallest absolute Gasteiger partial charge is 0.196 e. The van der Waals surface area contributed by atoms with Crippen molar-refractivity contribution in [2.24, 2.45) is 5.92 Å². The fourth-order valence-electron chi connectivity index (χ4n) is 1.51. The summed E-state index contributed by atoms with van der Waals surface area (Å²) in [5.41, 5.74) is 0. The van der Waals surface area contributed by atoms with E-state index in [1.165, 1.54) is 0 Å². The molecule has 1 aromatic rings. The van der Waals surface area contributed by atoms with Crippen LogP contribution >= 0.6 is 0 Å². The Bertz CT molecular complexity index is 320. The van der Waals surface area contributed by atoms with Crippen LogP contribution in [-0.2, 0) is 4.74 Å². The molecule has 0 spiro atoms. The van der Waals surface area contributed by atoms with Crippen molar-refractivity contribution in [2.45, 2.75) is 13.8 Å². The summed E-state index contributed by atoms with van der Waals surface area (Å²) >= 11 is 0. The van der Waals surface area contributed by atoms with E-state index in [9.17, 15) is 4.79 Å². The Kier molecular flexibility index (Phi) is 5.05. The van der Waals surface area contributed by atoms with Crippen molar-refractivity contribution >= 4 is 12.2 Å². The normalized spacial score (nSPS) is 10.8. The molecule has 0 atom stereocenters. The number of rotatable bonds is 7. The molecule has 0 aliphatic carbocycles. The van der Waals surface area contributed by atoms with Crippen molar-refractivity contribution in [2.75, 3.05) is 31.7 Å². The zero-order valence-electron chi connectivity index (χ0n) is 10.1. The number of furan rings is 1. The van der Waals surface area contributed by atoms with Crippen LogP contribution in [0.1, 0.15) is 24.4 Å². The fourth-order valence-corrected chi connectivity index (χ4v) is 1.51. The molecule has 0 saturated carbocycles. The van der Waals surface area contributed by atoms with Crippen LogP contribution in [0.2, 0.25) is 0 Å². The summed E-state index contributed by atoms with van der Waals surface area (Å²) in [5.74, 6) is 1.62. The maximum absolute atomic E-state index is 10.5. The average Bonchev–Trinajstić information content (AvgIpc) is 2.72. The highest BCUT2D eigenvalue weighted by molar-refractivity contribution is 5.71. The zero-order valence-corrected chi connectivity index (χ0v) is 10.1. The highest BCUT2D eigenvalue weighted by Gasteiger charge is 2.12. The van der Waals surface area contributed by atoms with E-state index >= 15 is 0 Å². The van der Waals surface area contributed by atoms with E-state index in [4.69, 9.17) is 9.15 Å². The quantitative estimate of drug-likeness (QED) is 0.667. The number of nitrogens with zero attached hydrogens (tertiary/aromatic N) is 1. The van der Waals surface area contributed by atoms with E-state index in [2.05, 4.69) is 18.7 Å². The Morgan fingerprint density at radius 1 is 1.50 bits per heavy atom. The molecule has 0 radical (unpaired) electrons. The summed E-state index contributed by atoms with van der Waals surface area (Å²) in [6.07, 6.45) is 0.716.